The molecule has 3 N–H and O–H groups in total. The highest BCUT2D eigenvalue weighted by molar-refractivity contribution is 5.79. The van der Waals surface area contributed by atoms with Gasteiger partial charge in [-0.05, 0) is 6.92 Å². The molecule has 0 aromatic carbocycles. The minimum atomic E-state index is -0.324. The molecule has 0 heterocycles. The number of amides is 1. The third kappa shape index (κ3) is 5.19. The highest BCUT2D eigenvalue weighted by atomic mass is 16.5. The lowest BCUT2D eigenvalue weighted by molar-refractivity contribution is -0.147. The molecule has 0 saturated carbocycles. The molecule has 0 unspecified atom stereocenters. The Kier molecular flexibility index (Phi) is 5.88. The molecule has 5 heteroatoms. The Balaban J connectivity index is 3.67. The summed E-state index contributed by atoms with van der Waals surface area (Å²) in [4.78, 5) is 21.7. The number of carbonyl (C=O) groups is 2. The fourth-order valence-electron chi connectivity index (χ4n) is 0.707. The van der Waals surface area contributed by atoms with Crippen molar-refractivity contribution in [1.82, 2.24) is 5.32 Å². The van der Waals surface area contributed by atoms with Crippen molar-refractivity contribution in [2.24, 2.45) is 11.7 Å². The number of nitrogens with two attached hydrogens (primary N) is 1. The Labute approximate surface area is 77.6 Å². The van der Waals surface area contributed by atoms with Gasteiger partial charge < -0.3 is 15.8 Å². The van der Waals surface area contributed by atoms with Crippen molar-refractivity contribution in [2.75, 3.05) is 19.7 Å². The zero-order valence-electron chi connectivity index (χ0n) is 8.00. The van der Waals surface area contributed by atoms with Crippen LogP contribution in [-0.4, -0.2) is 31.6 Å². The van der Waals surface area contributed by atoms with Gasteiger partial charge in [-0.15, -0.1) is 0 Å². The van der Waals surface area contributed by atoms with E-state index < -0.39 is 0 Å². The van der Waals surface area contributed by atoms with Gasteiger partial charge in [0.15, 0.2) is 0 Å². The summed E-state index contributed by atoms with van der Waals surface area (Å²) < 4.78 is 4.75. The molecule has 76 valence electrons. The maximum absolute atomic E-state index is 11.0. The van der Waals surface area contributed by atoms with Crippen LogP contribution in [0.4, 0.5) is 0 Å². The molecule has 0 aromatic heterocycles. The minimum Gasteiger partial charge on any atom is -0.466 e. The summed E-state index contributed by atoms with van der Waals surface area (Å²) in [6.45, 7) is 4.00. The van der Waals surface area contributed by atoms with Crippen molar-refractivity contribution in [3.05, 3.63) is 0 Å². The Morgan fingerprint density at radius 1 is 1.54 bits per heavy atom. The summed E-state index contributed by atoms with van der Waals surface area (Å²) in [6.07, 6.45) is 0. The fraction of sp³-hybridized carbons (Fsp3) is 0.750. The van der Waals surface area contributed by atoms with Crippen LogP contribution in [0.25, 0.3) is 0 Å². The second-order valence-corrected chi connectivity index (χ2v) is 2.66. The van der Waals surface area contributed by atoms with Crippen LogP contribution >= 0.6 is 0 Å². The Morgan fingerprint density at radius 3 is 2.62 bits per heavy atom. The number of rotatable bonds is 5. The lowest BCUT2D eigenvalue weighted by atomic mass is 10.2. The van der Waals surface area contributed by atoms with E-state index in [4.69, 9.17) is 10.5 Å². The molecule has 0 bridgehead atoms. The summed E-state index contributed by atoms with van der Waals surface area (Å²) in [7, 11) is 0. The average Bonchev–Trinajstić information content (AvgIpc) is 2.13. The van der Waals surface area contributed by atoms with Crippen molar-refractivity contribution >= 4 is 11.9 Å². The zero-order valence-corrected chi connectivity index (χ0v) is 8.00. The van der Waals surface area contributed by atoms with Crippen LogP contribution in [-0.2, 0) is 14.3 Å². The smallest absolute Gasteiger partial charge is 0.310 e. The predicted octanol–water partition coefficient (Wildman–Crippen LogP) is -0.739. The Morgan fingerprint density at radius 2 is 2.15 bits per heavy atom. The first-order chi connectivity index (χ1) is 6.11. The number of esters is 1. The molecule has 0 aliphatic carbocycles. The monoisotopic (exact) mass is 188 g/mol. The summed E-state index contributed by atoms with van der Waals surface area (Å²) >= 11 is 0. The maximum Gasteiger partial charge on any atom is 0.310 e. The Bertz CT molecular complexity index is 182. The molecule has 0 radical (unpaired) electrons. The van der Waals surface area contributed by atoms with Gasteiger partial charge in [-0.1, -0.05) is 6.92 Å². The SMILES string of the molecule is CCOC(=O)[C@H](C)CNC(=O)CN. The minimum absolute atomic E-state index is 0.0600. The van der Waals surface area contributed by atoms with Crippen LogP contribution in [0.1, 0.15) is 13.8 Å². The first kappa shape index (κ1) is 11.9. The van der Waals surface area contributed by atoms with Gasteiger partial charge in [0.1, 0.15) is 0 Å². The second kappa shape index (κ2) is 6.42. The van der Waals surface area contributed by atoms with Crippen molar-refractivity contribution in [1.29, 1.82) is 0 Å². The van der Waals surface area contributed by atoms with Crippen LogP contribution in [0.3, 0.4) is 0 Å². The van der Waals surface area contributed by atoms with Crippen LogP contribution in [0.15, 0.2) is 0 Å². The van der Waals surface area contributed by atoms with Crippen LogP contribution in [0.2, 0.25) is 0 Å². The first-order valence-corrected chi connectivity index (χ1v) is 4.25. The van der Waals surface area contributed by atoms with Gasteiger partial charge in [0.05, 0.1) is 19.1 Å². The third-order valence-corrected chi connectivity index (χ3v) is 1.48. The van der Waals surface area contributed by atoms with E-state index in [0.717, 1.165) is 0 Å². The number of hydrogen-bond acceptors (Lipinski definition) is 4. The lowest BCUT2D eigenvalue weighted by Gasteiger charge is -2.10. The van der Waals surface area contributed by atoms with Gasteiger partial charge in [0, 0.05) is 6.54 Å². The molecule has 13 heavy (non-hydrogen) atoms. The summed E-state index contributed by atoms with van der Waals surface area (Å²) in [6, 6.07) is 0. The first-order valence-electron chi connectivity index (χ1n) is 4.25. The molecular weight excluding hydrogens is 172 g/mol. The van der Waals surface area contributed by atoms with Crippen LogP contribution in [0.5, 0.6) is 0 Å². The van der Waals surface area contributed by atoms with Gasteiger partial charge >= 0.3 is 5.97 Å². The van der Waals surface area contributed by atoms with Crippen LogP contribution < -0.4 is 11.1 Å². The van der Waals surface area contributed by atoms with Crippen molar-refractivity contribution in [3.63, 3.8) is 0 Å². The molecule has 1 amide bonds. The molecule has 1 atom stereocenters. The van der Waals surface area contributed by atoms with Gasteiger partial charge in [0.25, 0.3) is 0 Å². The van der Waals surface area contributed by atoms with Crippen molar-refractivity contribution < 1.29 is 14.3 Å². The van der Waals surface area contributed by atoms with Gasteiger partial charge in [0.2, 0.25) is 5.91 Å². The fourth-order valence-corrected chi connectivity index (χ4v) is 0.707. The van der Waals surface area contributed by atoms with Crippen molar-refractivity contribution in [3.8, 4) is 0 Å². The topological polar surface area (TPSA) is 81.4 Å². The third-order valence-electron chi connectivity index (χ3n) is 1.48. The standard InChI is InChI=1S/C8H16N2O3/c1-3-13-8(12)6(2)5-10-7(11)4-9/h6H,3-5,9H2,1-2H3,(H,10,11)/t6-/m1/s1. The summed E-state index contributed by atoms with van der Waals surface area (Å²) in [5.41, 5.74) is 5.06. The number of hydrogen-bond donors (Lipinski definition) is 2. The molecule has 0 spiro atoms. The lowest BCUT2D eigenvalue weighted by Crippen LogP contribution is -2.36. The summed E-state index contributed by atoms with van der Waals surface area (Å²) in [5, 5.41) is 2.51. The van der Waals surface area contributed by atoms with E-state index in [9.17, 15) is 9.59 Å². The van der Waals surface area contributed by atoms with E-state index in [1.54, 1.807) is 13.8 Å². The second-order valence-electron chi connectivity index (χ2n) is 2.66. The predicted molar refractivity (Wildman–Crippen MR) is 47.9 cm³/mol. The quantitative estimate of drug-likeness (QED) is 0.557. The van der Waals surface area contributed by atoms with Crippen LogP contribution in [0, 0.1) is 5.92 Å². The van der Waals surface area contributed by atoms with Gasteiger partial charge in [-0.2, -0.15) is 0 Å². The maximum atomic E-state index is 11.0. The summed E-state index contributed by atoms with van der Waals surface area (Å²) in [5.74, 6) is -0.897. The molecule has 0 aliphatic heterocycles. The molecule has 0 fully saturated rings. The number of ether oxygens (including phenoxy) is 1. The van der Waals surface area contributed by atoms with Gasteiger partial charge in [-0.3, -0.25) is 9.59 Å². The van der Waals surface area contributed by atoms with E-state index in [2.05, 4.69) is 5.32 Å². The Hall–Kier alpha value is -1.10. The molecule has 0 saturated heterocycles. The highest BCUT2D eigenvalue weighted by Crippen LogP contribution is 1.95. The average molecular weight is 188 g/mol. The van der Waals surface area contributed by atoms with E-state index in [0.29, 0.717) is 6.61 Å². The molecular formula is C8H16N2O3. The molecule has 0 aromatic rings. The highest BCUT2D eigenvalue weighted by Gasteiger charge is 2.13. The number of nitrogens with one attached hydrogen (secondary N) is 1. The van der Waals surface area contributed by atoms with Gasteiger partial charge in [-0.25, -0.2) is 0 Å². The molecule has 0 aliphatic rings. The normalized spacial score (nSPS) is 11.9. The number of carbonyl (C=O) groups excluding carboxylic acids is 2. The van der Waals surface area contributed by atoms with E-state index in [1.165, 1.54) is 0 Å². The largest absolute Gasteiger partial charge is 0.466 e. The molecule has 5 nitrogen and oxygen atoms in total. The zero-order chi connectivity index (χ0) is 10.3. The van der Waals surface area contributed by atoms with E-state index in [1.807, 2.05) is 0 Å². The molecule has 0 rings (SSSR count). The van der Waals surface area contributed by atoms with E-state index in [-0.39, 0.29) is 30.9 Å². The van der Waals surface area contributed by atoms with Crippen molar-refractivity contribution in [2.45, 2.75) is 13.8 Å². The van der Waals surface area contributed by atoms with E-state index >= 15 is 0 Å².